The summed E-state index contributed by atoms with van der Waals surface area (Å²) in [5, 5.41) is 5.89. The Morgan fingerprint density at radius 1 is 1.07 bits per heavy atom. The minimum absolute atomic E-state index is 0.0829. The predicted octanol–water partition coefficient (Wildman–Crippen LogP) is 3.46. The smallest absolute Gasteiger partial charge is 0.325 e. The van der Waals surface area contributed by atoms with Crippen molar-refractivity contribution in [1.82, 2.24) is 10.6 Å². The highest BCUT2D eigenvalue weighted by Gasteiger charge is 2.21. The molecule has 0 aliphatic heterocycles. The van der Waals surface area contributed by atoms with E-state index in [2.05, 4.69) is 16.7 Å². The van der Waals surface area contributed by atoms with Gasteiger partial charge >= 0.3 is 5.97 Å². The van der Waals surface area contributed by atoms with Gasteiger partial charge in [0.05, 0.1) is 16.1 Å². The zero-order valence-electron chi connectivity index (χ0n) is 15.5. The molecule has 0 fully saturated rings. The molecule has 0 heterocycles. The molecule has 1 aliphatic rings. The van der Waals surface area contributed by atoms with Gasteiger partial charge in [0, 0.05) is 5.56 Å². The molecule has 0 unspecified atom stereocenters. The van der Waals surface area contributed by atoms with Crippen LogP contribution in [0.5, 0.6) is 0 Å². The van der Waals surface area contributed by atoms with Gasteiger partial charge in [0.15, 0.2) is 6.61 Å². The zero-order valence-corrected chi connectivity index (χ0v) is 17.1. The van der Waals surface area contributed by atoms with Crippen LogP contribution in [0.3, 0.4) is 0 Å². The molecule has 3 rings (SSSR count). The quantitative estimate of drug-likeness (QED) is 0.681. The van der Waals surface area contributed by atoms with Gasteiger partial charge in [0.1, 0.15) is 6.54 Å². The average Bonchev–Trinajstić information content (AvgIpc) is 2.72. The minimum atomic E-state index is -0.711. The molecule has 2 aromatic carbocycles. The summed E-state index contributed by atoms with van der Waals surface area (Å²) in [6.45, 7) is -0.765. The molecule has 8 heteroatoms. The Balaban J connectivity index is 1.43. The van der Waals surface area contributed by atoms with E-state index in [0.29, 0.717) is 5.02 Å². The maximum Gasteiger partial charge on any atom is 0.325 e. The van der Waals surface area contributed by atoms with Crippen molar-refractivity contribution in [3.8, 4) is 0 Å². The van der Waals surface area contributed by atoms with Crippen LogP contribution in [0.2, 0.25) is 10.0 Å². The van der Waals surface area contributed by atoms with Crippen molar-refractivity contribution < 1.29 is 19.1 Å². The van der Waals surface area contributed by atoms with Crippen LogP contribution < -0.4 is 10.6 Å². The summed E-state index contributed by atoms with van der Waals surface area (Å²) < 4.78 is 4.95. The van der Waals surface area contributed by atoms with Crippen molar-refractivity contribution in [1.29, 1.82) is 0 Å². The first-order chi connectivity index (χ1) is 13.9. The number of esters is 1. The van der Waals surface area contributed by atoms with Crippen molar-refractivity contribution in [3.05, 3.63) is 69.2 Å². The normalized spacial score (nSPS) is 15.2. The third kappa shape index (κ3) is 5.71. The first-order valence-corrected chi connectivity index (χ1v) is 9.95. The summed E-state index contributed by atoms with van der Waals surface area (Å²) in [6, 6.07) is 12.3. The Hall–Kier alpha value is -2.57. The van der Waals surface area contributed by atoms with Crippen molar-refractivity contribution in [2.45, 2.75) is 25.3 Å². The molecule has 152 valence electrons. The number of rotatable bonds is 6. The van der Waals surface area contributed by atoms with E-state index in [1.54, 1.807) is 0 Å². The second-order valence-corrected chi connectivity index (χ2v) is 7.50. The van der Waals surface area contributed by atoms with Crippen molar-refractivity contribution in [3.63, 3.8) is 0 Å². The van der Waals surface area contributed by atoms with E-state index in [9.17, 15) is 14.4 Å². The van der Waals surface area contributed by atoms with Crippen LogP contribution in [0.4, 0.5) is 0 Å². The maximum atomic E-state index is 12.2. The number of carbonyl (C=O) groups is 3. The Kier molecular flexibility index (Phi) is 7.12. The molecule has 0 bridgehead atoms. The standard InChI is InChI=1S/C21H20Cl2N2O4/c22-16-9-8-14(10-17(16)23)21(28)24-11-20(27)29-12-19(26)25-18-7-3-5-13-4-1-2-6-15(13)18/h1-2,4,6,8-10,18H,3,5,7,11-12H2,(H,24,28)(H,25,26)/t18-/m1/s1. The van der Waals surface area contributed by atoms with Gasteiger partial charge in [-0.3, -0.25) is 14.4 Å². The summed E-state index contributed by atoms with van der Waals surface area (Å²) in [5.74, 6) is -1.59. The largest absolute Gasteiger partial charge is 0.454 e. The SMILES string of the molecule is O=C(COC(=O)CNC(=O)c1ccc(Cl)c(Cl)c1)N[C@@H]1CCCc2ccccc21. The van der Waals surface area contributed by atoms with Gasteiger partial charge in [-0.2, -0.15) is 0 Å². The molecule has 0 radical (unpaired) electrons. The average molecular weight is 435 g/mol. The molecule has 2 aromatic rings. The lowest BCUT2D eigenvalue weighted by Gasteiger charge is -2.26. The predicted molar refractivity (Wildman–Crippen MR) is 110 cm³/mol. The molecule has 2 amide bonds. The highest BCUT2D eigenvalue weighted by molar-refractivity contribution is 6.42. The minimum Gasteiger partial charge on any atom is -0.454 e. The molecule has 0 aromatic heterocycles. The van der Waals surface area contributed by atoms with Crippen LogP contribution >= 0.6 is 23.2 Å². The lowest BCUT2D eigenvalue weighted by Crippen LogP contribution is -2.36. The molecular formula is C21H20Cl2N2O4. The van der Waals surface area contributed by atoms with Gasteiger partial charge in [-0.25, -0.2) is 0 Å². The molecule has 1 aliphatic carbocycles. The Bertz CT molecular complexity index is 933. The Morgan fingerprint density at radius 3 is 2.66 bits per heavy atom. The third-order valence-electron chi connectivity index (χ3n) is 4.64. The van der Waals surface area contributed by atoms with E-state index in [1.165, 1.54) is 23.8 Å². The van der Waals surface area contributed by atoms with E-state index >= 15 is 0 Å². The summed E-state index contributed by atoms with van der Waals surface area (Å²) in [5.41, 5.74) is 2.60. The van der Waals surface area contributed by atoms with Gasteiger partial charge in [-0.1, -0.05) is 47.5 Å². The van der Waals surface area contributed by atoms with E-state index in [4.69, 9.17) is 27.9 Å². The van der Waals surface area contributed by atoms with Crippen molar-refractivity contribution in [2.24, 2.45) is 0 Å². The number of halogens is 2. The number of aryl methyl sites for hydroxylation is 1. The fraction of sp³-hybridized carbons (Fsp3) is 0.286. The lowest BCUT2D eigenvalue weighted by atomic mass is 9.88. The molecule has 2 N–H and O–H groups in total. The van der Waals surface area contributed by atoms with E-state index < -0.39 is 18.5 Å². The topological polar surface area (TPSA) is 84.5 Å². The van der Waals surface area contributed by atoms with E-state index in [-0.39, 0.29) is 29.1 Å². The van der Waals surface area contributed by atoms with Crippen LogP contribution in [-0.4, -0.2) is 30.9 Å². The van der Waals surface area contributed by atoms with E-state index in [1.807, 2.05) is 18.2 Å². The highest BCUT2D eigenvalue weighted by atomic mass is 35.5. The number of amides is 2. The number of hydrogen-bond donors (Lipinski definition) is 2. The van der Waals surface area contributed by atoms with Crippen LogP contribution in [0.25, 0.3) is 0 Å². The highest BCUT2D eigenvalue weighted by Crippen LogP contribution is 2.29. The summed E-state index contributed by atoms with van der Waals surface area (Å²) in [7, 11) is 0. The van der Waals surface area contributed by atoms with Gasteiger partial charge in [-0.05, 0) is 48.6 Å². The number of carbonyl (C=O) groups excluding carboxylic acids is 3. The Morgan fingerprint density at radius 2 is 1.86 bits per heavy atom. The second-order valence-electron chi connectivity index (χ2n) is 6.68. The molecule has 29 heavy (non-hydrogen) atoms. The molecular weight excluding hydrogens is 415 g/mol. The summed E-state index contributed by atoms with van der Waals surface area (Å²) >= 11 is 11.7. The first kappa shape index (κ1) is 21.1. The maximum absolute atomic E-state index is 12.2. The molecule has 0 spiro atoms. The number of fused-ring (bicyclic) bond motifs is 1. The fourth-order valence-electron chi connectivity index (χ4n) is 3.23. The van der Waals surface area contributed by atoms with Gasteiger partial charge in [0.25, 0.3) is 11.8 Å². The zero-order chi connectivity index (χ0) is 20.8. The molecule has 0 saturated carbocycles. The van der Waals surface area contributed by atoms with Gasteiger partial charge < -0.3 is 15.4 Å². The van der Waals surface area contributed by atoms with Gasteiger partial charge in [0.2, 0.25) is 0 Å². The summed E-state index contributed by atoms with van der Waals surface area (Å²) in [6.07, 6.45) is 2.83. The van der Waals surface area contributed by atoms with Crippen LogP contribution in [0, 0.1) is 0 Å². The van der Waals surface area contributed by atoms with Crippen LogP contribution in [-0.2, 0) is 20.7 Å². The van der Waals surface area contributed by atoms with Crippen molar-refractivity contribution >= 4 is 41.0 Å². The third-order valence-corrected chi connectivity index (χ3v) is 5.38. The molecule has 1 atom stereocenters. The van der Waals surface area contributed by atoms with Gasteiger partial charge in [-0.15, -0.1) is 0 Å². The first-order valence-electron chi connectivity index (χ1n) is 9.20. The van der Waals surface area contributed by atoms with Crippen LogP contribution in [0.15, 0.2) is 42.5 Å². The molecule has 0 saturated heterocycles. The van der Waals surface area contributed by atoms with E-state index in [0.717, 1.165) is 24.8 Å². The lowest BCUT2D eigenvalue weighted by molar-refractivity contribution is -0.147. The number of hydrogen-bond acceptors (Lipinski definition) is 4. The van der Waals surface area contributed by atoms with Crippen LogP contribution in [0.1, 0.15) is 40.4 Å². The number of benzene rings is 2. The number of ether oxygens (including phenoxy) is 1. The Labute approximate surface area is 178 Å². The van der Waals surface area contributed by atoms with Crippen molar-refractivity contribution in [2.75, 3.05) is 13.2 Å². The number of nitrogens with one attached hydrogen (secondary N) is 2. The second kappa shape index (κ2) is 9.76. The summed E-state index contributed by atoms with van der Waals surface area (Å²) in [4.78, 5) is 36.0. The fourth-order valence-corrected chi connectivity index (χ4v) is 3.53. The molecule has 6 nitrogen and oxygen atoms in total. The monoisotopic (exact) mass is 434 g/mol.